The van der Waals surface area contributed by atoms with E-state index in [0.717, 1.165) is 5.56 Å². The summed E-state index contributed by atoms with van der Waals surface area (Å²) in [7, 11) is -0.0284. The van der Waals surface area contributed by atoms with Gasteiger partial charge in [0.1, 0.15) is 11.5 Å². The van der Waals surface area contributed by atoms with Crippen LogP contribution in [0.1, 0.15) is 5.56 Å². The zero-order valence-corrected chi connectivity index (χ0v) is 15.8. The van der Waals surface area contributed by atoms with Crippen LogP contribution >= 0.6 is 12.2 Å². The Kier molecular flexibility index (Phi) is 6.22. The lowest BCUT2D eigenvalue weighted by molar-refractivity contribution is 0.405. The molecule has 2 aromatic rings. The molecule has 0 unspecified atom stereocenters. The molecule has 6 nitrogen and oxygen atoms in total. The van der Waals surface area contributed by atoms with Crippen molar-refractivity contribution in [3.63, 3.8) is 0 Å². The summed E-state index contributed by atoms with van der Waals surface area (Å²) in [6.07, 6.45) is 1.18. The van der Waals surface area contributed by atoms with Crippen molar-refractivity contribution < 1.29 is 17.9 Å². The highest BCUT2D eigenvalue weighted by atomic mass is 32.2. The average molecular weight is 380 g/mol. The van der Waals surface area contributed by atoms with E-state index >= 15 is 0 Å². The number of hydrogen-bond acceptors (Lipinski definition) is 5. The van der Waals surface area contributed by atoms with Gasteiger partial charge in [0, 0.05) is 18.9 Å². The third-order valence-electron chi connectivity index (χ3n) is 3.46. The Morgan fingerprint density at radius 3 is 2.32 bits per heavy atom. The molecule has 2 N–H and O–H groups in total. The van der Waals surface area contributed by atoms with E-state index in [0.29, 0.717) is 28.8 Å². The molecular weight excluding hydrogens is 360 g/mol. The third kappa shape index (κ3) is 5.33. The number of hydrogen-bond donors (Lipinski definition) is 2. The van der Waals surface area contributed by atoms with Crippen LogP contribution in [0, 0.1) is 0 Å². The van der Waals surface area contributed by atoms with Crippen molar-refractivity contribution in [2.24, 2.45) is 0 Å². The van der Waals surface area contributed by atoms with Crippen molar-refractivity contribution in [1.82, 2.24) is 5.32 Å². The Balaban J connectivity index is 1.99. The Hall–Kier alpha value is -2.32. The maximum Gasteiger partial charge on any atom is 0.175 e. The van der Waals surface area contributed by atoms with Gasteiger partial charge in [0.15, 0.2) is 14.9 Å². The van der Waals surface area contributed by atoms with E-state index in [1.54, 1.807) is 56.7 Å². The first-order valence-corrected chi connectivity index (χ1v) is 9.69. The van der Waals surface area contributed by atoms with Crippen molar-refractivity contribution in [3.05, 3.63) is 48.0 Å². The number of methoxy groups -OCH3 is 2. The Morgan fingerprint density at radius 2 is 1.76 bits per heavy atom. The van der Waals surface area contributed by atoms with Crippen LogP contribution in [0.5, 0.6) is 11.5 Å². The van der Waals surface area contributed by atoms with Crippen LogP contribution in [-0.4, -0.2) is 34.0 Å². The average Bonchev–Trinajstić information content (AvgIpc) is 2.59. The molecule has 0 heterocycles. The van der Waals surface area contributed by atoms with Gasteiger partial charge >= 0.3 is 0 Å². The van der Waals surface area contributed by atoms with Gasteiger partial charge in [-0.25, -0.2) is 8.42 Å². The first-order chi connectivity index (χ1) is 11.8. The quantitative estimate of drug-likeness (QED) is 0.746. The van der Waals surface area contributed by atoms with Gasteiger partial charge in [-0.2, -0.15) is 0 Å². The Labute approximate surface area is 153 Å². The number of rotatable bonds is 6. The lowest BCUT2D eigenvalue weighted by Gasteiger charge is -2.14. The van der Waals surface area contributed by atoms with Crippen LogP contribution in [-0.2, 0) is 16.4 Å². The summed E-state index contributed by atoms with van der Waals surface area (Å²) < 4.78 is 33.4. The Morgan fingerprint density at radius 1 is 1.08 bits per heavy atom. The molecule has 0 saturated carbocycles. The topological polar surface area (TPSA) is 76.7 Å². The van der Waals surface area contributed by atoms with Crippen LogP contribution in [0.15, 0.2) is 47.4 Å². The molecule has 0 aromatic heterocycles. The van der Waals surface area contributed by atoms with Gasteiger partial charge in [-0.1, -0.05) is 12.1 Å². The molecule has 0 aliphatic carbocycles. The third-order valence-corrected chi connectivity index (χ3v) is 4.83. The summed E-state index contributed by atoms with van der Waals surface area (Å²) in [5.74, 6) is 1.32. The minimum atomic E-state index is -3.19. The molecule has 0 saturated heterocycles. The van der Waals surface area contributed by atoms with Gasteiger partial charge in [-0.15, -0.1) is 0 Å². The first-order valence-electron chi connectivity index (χ1n) is 7.39. The van der Waals surface area contributed by atoms with E-state index in [2.05, 4.69) is 10.6 Å². The van der Waals surface area contributed by atoms with Crippen LogP contribution in [0.4, 0.5) is 5.69 Å². The fourth-order valence-electron chi connectivity index (χ4n) is 2.12. The molecule has 25 heavy (non-hydrogen) atoms. The van der Waals surface area contributed by atoms with Crippen LogP contribution in [0.25, 0.3) is 0 Å². The normalized spacial score (nSPS) is 10.8. The summed E-state index contributed by atoms with van der Waals surface area (Å²) in [6.45, 7) is 0.460. The zero-order chi connectivity index (χ0) is 18.4. The van der Waals surface area contributed by atoms with Crippen molar-refractivity contribution in [2.75, 3.05) is 25.8 Å². The van der Waals surface area contributed by atoms with Gasteiger partial charge in [0.2, 0.25) is 0 Å². The number of ether oxygens (including phenoxy) is 2. The van der Waals surface area contributed by atoms with Gasteiger partial charge in [-0.3, -0.25) is 0 Å². The van der Waals surface area contributed by atoms with Gasteiger partial charge < -0.3 is 20.1 Å². The van der Waals surface area contributed by atoms with Crippen molar-refractivity contribution in [3.8, 4) is 11.5 Å². The summed E-state index contributed by atoms with van der Waals surface area (Å²) in [4.78, 5) is 0.290. The molecule has 0 aliphatic heterocycles. The molecule has 0 aliphatic rings. The fraction of sp³-hybridized carbons (Fsp3) is 0.235. The smallest absolute Gasteiger partial charge is 0.175 e. The molecule has 0 amide bonds. The maximum absolute atomic E-state index is 11.5. The van der Waals surface area contributed by atoms with Crippen molar-refractivity contribution in [1.29, 1.82) is 0 Å². The molecule has 2 aromatic carbocycles. The summed E-state index contributed by atoms with van der Waals surface area (Å²) in [5.41, 5.74) is 1.60. The summed E-state index contributed by atoms with van der Waals surface area (Å²) >= 11 is 5.29. The fourth-order valence-corrected chi connectivity index (χ4v) is 2.93. The van der Waals surface area contributed by atoms with Crippen molar-refractivity contribution >= 4 is 32.9 Å². The molecule has 0 fully saturated rings. The molecule has 0 atom stereocenters. The molecule has 2 rings (SSSR count). The zero-order valence-electron chi connectivity index (χ0n) is 14.2. The molecule has 134 valence electrons. The van der Waals surface area contributed by atoms with E-state index in [1.165, 1.54) is 6.26 Å². The second kappa shape index (κ2) is 8.17. The lowest BCUT2D eigenvalue weighted by atomic mass is 10.2. The highest BCUT2D eigenvalue weighted by molar-refractivity contribution is 7.90. The van der Waals surface area contributed by atoms with Gasteiger partial charge in [-0.05, 0) is 42.0 Å². The molecule has 0 spiro atoms. The lowest BCUT2D eigenvalue weighted by Crippen LogP contribution is -2.28. The molecule has 0 radical (unpaired) electrons. The van der Waals surface area contributed by atoms with E-state index in [4.69, 9.17) is 21.7 Å². The van der Waals surface area contributed by atoms with Crippen LogP contribution in [0.3, 0.4) is 0 Å². The second-order valence-electron chi connectivity index (χ2n) is 5.29. The molecule has 0 bridgehead atoms. The van der Waals surface area contributed by atoms with Crippen LogP contribution in [0.2, 0.25) is 0 Å². The second-order valence-corrected chi connectivity index (χ2v) is 7.71. The van der Waals surface area contributed by atoms with E-state index in [1.807, 2.05) is 0 Å². The van der Waals surface area contributed by atoms with E-state index in [9.17, 15) is 8.42 Å². The highest BCUT2D eigenvalue weighted by Gasteiger charge is 2.08. The maximum atomic E-state index is 11.5. The monoisotopic (exact) mass is 380 g/mol. The Bertz CT molecular complexity index is 849. The minimum Gasteiger partial charge on any atom is -0.497 e. The number of anilines is 1. The summed E-state index contributed by atoms with van der Waals surface area (Å²) in [6, 6.07) is 12.0. The number of benzene rings is 2. The van der Waals surface area contributed by atoms with Gasteiger partial charge in [0.05, 0.1) is 24.8 Å². The molecule has 8 heteroatoms. The standard InChI is InChI=1S/C17H20N2O4S2/c1-22-13-6-9-16(23-2)15(10-13)19-17(24)18-11-12-4-7-14(8-5-12)25(3,20)21/h4-10H,11H2,1-3H3,(H2,18,19,24). The number of nitrogens with one attached hydrogen (secondary N) is 2. The predicted molar refractivity (Wildman–Crippen MR) is 102 cm³/mol. The predicted octanol–water partition coefficient (Wildman–Crippen LogP) is 2.59. The van der Waals surface area contributed by atoms with Crippen LogP contribution < -0.4 is 20.1 Å². The minimum absolute atomic E-state index is 0.290. The van der Waals surface area contributed by atoms with E-state index < -0.39 is 9.84 Å². The summed E-state index contributed by atoms with van der Waals surface area (Å²) in [5, 5.41) is 6.55. The first kappa shape index (κ1) is 19.0. The van der Waals surface area contributed by atoms with E-state index in [-0.39, 0.29) is 4.90 Å². The highest BCUT2D eigenvalue weighted by Crippen LogP contribution is 2.28. The SMILES string of the molecule is COc1ccc(OC)c(NC(=S)NCc2ccc(S(C)(=O)=O)cc2)c1. The largest absolute Gasteiger partial charge is 0.497 e. The van der Waals surface area contributed by atoms with Crippen molar-refractivity contribution in [2.45, 2.75) is 11.4 Å². The van der Waals surface area contributed by atoms with Gasteiger partial charge in [0.25, 0.3) is 0 Å². The number of thiocarbonyl (C=S) groups is 1. The number of sulfone groups is 1. The molecular formula is C17H20N2O4S2.